The number of rotatable bonds is 1. The first kappa shape index (κ1) is 23.3. The Morgan fingerprint density at radius 3 is 1.62 bits per heavy atom. The summed E-state index contributed by atoms with van der Waals surface area (Å²) in [6, 6.07) is 0. The van der Waals surface area contributed by atoms with Crippen LogP contribution >= 0.6 is 0 Å². The van der Waals surface area contributed by atoms with Gasteiger partial charge >= 0.3 is 21.7 Å². The summed E-state index contributed by atoms with van der Waals surface area (Å²) in [5, 5.41) is 0. The molecule has 0 atom stereocenters. The molecule has 3 heteroatoms. The summed E-state index contributed by atoms with van der Waals surface area (Å²) in [4.78, 5) is 0. The van der Waals surface area contributed by atoms with E-state index in [9.17, 15) is 0 Å². The Kier molecular flexibility index (Phi) is 72.8. The standard InChI is InChI=1S/C5H8.2ClH.Ti/c1-3-5-4-2;;;/h3-5H,1H2,2H3;2*1H;/q;;;+2/p-2. The van der Waals surface area contributed by atoms with Crippen LogP contribution in [0.4, 0.5) is 0 Å². The van der Waals surface area contributed by atoms with Gasteiger partial charge in [-0.25, -0.2) is 0 Å². The molecule has 0 aromatic carbocycles. The van der Waals surface area contributed by atoms with Crippen molar-refractivity contribution < 1.29 is 46.5 Å². The fourth-order valence-electron chi connectivity index (χ4n) is 0.136. The van der Waals surface area contributed by atoms with Crippen molar-refractivity contribution in [2.24, 2.45) is 0 Å². The summed E-state index contributed by atoms with van der Waals surface area (Å²) in [6.45, 7) is 5.42. The van der Waals surface area contributed by atoms with E-state index in [1.807, 2.05) is 19.1 Å². The van der Waals surface area contributed by atoms with Crippen LogP contribution in [0.2, 0.25) is 0 Å². The Bertz CT molecular complexity index is 52.4. The Morgan fingerprint density at radius 1 is 1.25 bits per heavy atom. The van der Waals surface area contributed by atoms with E-state index >= 15 is 0 Å². The molecule has 0 aromatic rings. The molecule has 0 saturated carbocycles. The van der Waals surface area contributed by atoms with E-state index in [2.05, 4.69) is 6.58 Å². The van der Waals surface area contributed by atoms with Crippen LogP contribution in [-0.2, 0) is 21.7 Å². The number of hydrogen-bond acceptors (Lipinski definition) is 0. The topological polar surface area (TPSA) is 0 Å². The molecule has 0 amide bonds. The molecule has 0 nitrogen and oxygen atoms in total. The van der Waals surface area contributed by atoms with Gasteiger partial charge in [0.05, 0.1) is 0 Å². The SMILES string of the molecule is C=CC=CC.[Cl-].[Cl-].[Ti+2]. The molecule has 0 rings (SSSR count). The van der Waals surface area contributed by atoms with Crippen LogP contribution in [0, 0.1) is 0 Å². The molecule has 8 heavy (non-hydrogen) atoms. The summed E-state index contributed by atoms with van der Waals surface area (Å²) in [5.74, 6) is 0. The third-order valence-corrected chi connectivity index (χ3v) is 0.329. The minimum atomic E-state index is 0. The monoisotopic (exact) mass is 186 g/mol. The minimum absolute atomic E-state index is 0. The van der Waals surface area contributed by atoms with Crippen molar-refractivity contribution in [1.82, 2.24) is 0 Å². The summed E-state index contributed by atoms with van der Waals surface area (Å²) >= 11 is 0. The van der Waals surface area contributed by atoms with Crippen LogP contribution in [0.25, 0.3) is 0 Å². The van der Waals surface area contributed by atoms with Crippen molar-refractivity contribution in [2.45, 2.75) is 6.92 Å². The van der Waals surface area contributed by atoms with Crippen LogP contribution in [-0.4, -0.2) is 0 Å². The van der Waals surface area contributed by atoms with Crippen LogP contribution in [0.15, 0.2) is 24.8 Å². The average Bonchev–Trinajstić information content (AvgIpc) is 1.41. The normalized spacial score (nSPS) is 5.62. The predicted molar refractivity (Wildman–Crippen MR) is 25.0 cm³/mol. The quantitative estimate of drug-likeness (QED) is 0.288. The maximum Gasteiger partial charge on any atom is 2.00 e. The van der Waals surface area contributed by atoms with Gasteiger partial charge in [-0.3, -0.25) is 0 Å². The smallest absolute Gasteiger partial charge is 1.00 e. The van der Waals surface area contributed by atoms with Gasteiger partial charge in [-0.1, -0.05) is 24.8 Å². The molecule has 0 aliphatic rings. The summed E-state index contributed by atoms with van der Waals surface area (Å²) in [7, 11) is 0. The van der Waals surface area contributed by atoms with Crippen LogP contribution in [0.5, 0.6) is 0 Å². The molecule has 0 radical (unpaired) electrons. The number of halogens is 2. The maximum atomic E-state index is 3.46. The largest absolute Gasteiger partial charge is 2.00 e. The molecule has 0 bridgehead atoms. The summed E-state index contributed by atoms with van der Waals surface area (Å²) in [6.07, 6.45) is 5.58. The van der Waals surface area contributed by atoms with Gasteiger partial charge in [-0.2, -0.15) is 0 Å². The molecule has 46 valence electrons. The third kappa shape index (κ3) is 29.3. The van der Waals surface area contributed by atoms with Crippen molar-refractivity contribution >= 4 is 0 Å². The van der Waals surface area contributed by atoms with Crippen LogP contribution in [0.3, 0.4) is 0 Å². The molecular formula is C5H8Cl2Ti. The summed E-state index contributed by atoms with van der Waals surface area (Å²) in [5.41, 5.74) is 0. The van der Waals surface area contributed by atoms with E-state index in [-0.39, 0.29) is 46.5 Å². The van der Waals surface area contributed by atoms with E-state index < -0.39 is 0 Å². The van der Waals surface area contributed by atoms with Gasteiger partial charge < -0.3 is 24.8 Å². The molecule has 0 unspecified atom stereocenters. The van der Waals surface area contributed by atoms with Gasteiger partial charge in [0.2, 0.25) is 0 Å². The number of allylic oxidation sites excluding steroid dienone is 3. The first-order valence-corrected chi connectivity index (χ1v) is 1.65. The first-order chi connectivity index (χ1) is 2.41. The van der Waals surface area contributed by atoms with Gasteiger partial charge in [-0.15, -0.1) is 0 Å². The third-order valence-electron chi connectivity index (χ3n) is 0.329. The second kappa shape index (κ2) is 25.0. The maximum absolute atomic E-state index is 3.46. The van der Waals surface area contributed by atoms with Gasteiger partial charge in [-0.05, 0) is 6.92 Å². The van der Waals surface area contributed by atoms with Crippen molar-refractivity contribution in [1.29, 1.82) is 0 Å². The summed E-state index contributed by atoms with van der Waals surface area (Å²) < 4.78 is 0. The second-order valence-corrected chi connectivity index (χ2v) is 0.761. The fourth-order valence-corrected chi connectivity index (χ4v) is 0.136. The first-order valence-electron chi connectivity index (χ1n) is 1.65. The van der Waals surface area contributed by atoms with E-state index in [0.29, 0.717) is 0 Å². The molecule has 0 aliphatic carbocycles. The Morgan fingerprint density at radius 2 is 1.62 bits per heavy atom. The fraction of sp³-hybridized carbons (Fsp3) is 0.200. The van der Waals surface area contributed by atoms with E-state index in [1.165, 1.54) is 0 Å². The Labute approximate surface area is 78.1 Å². The van der Waals surface area contributed by atoms with E-state index in [0.717, 1.165) is 0 Å². The van der Waals surface area contributed by atoms with Crippen LogP contribution in [0.1, 0.15) is 6.92 Å². The molecular weight excluding hydrogens is 179 g/mol. The molecule has 0 saturated heterocycles. The molecule has 0 heterocycles. The second-order valence-electron chi connectivity index (χ2n) is 0.761. The Balaban J connectivity index is -0.0000000267. The van der Waals surface area contributed by atoms with E-state index in [1.54, 1.807) is 6.08 Å². The molecule has 0 fully saturated rings. The van der Waals surface area contributed by atoms with Gasteiger partial charge in [0, 0.05) is 0 Å². The zero-order chi connectivity index (χ0) is 4.12. The zero-order valence-corrected chi connectivity index (χ0v) is 7.77. The van der Waals surface area contributed by atoms with Crippen molar-refractivity contribution in [3.63, 3.8) is 0 Å². The molecule has 0 aromatic heterocycles. The Hall–Kier alpha value is 0.774. The van der Waals surface area contributed by atoms with E-state index in [4.69, 9.17) is 0 Å². The van der Waals surface area contributed by atoms with Gasteiger partial charge in [0.1, 0.15) is 0 Å². The van der Waals surface area contributed by atoms with Gasteiger partial charge in [0.15, 0.2) is 0 Å². The predicted octanol–water partition coefficient (Wildman–Crippen LogP) is -4.25. The average molecular weight is 187 g/mol. The van der Waals surface area contributed by atoms with Crippen molar-refractivity contribution in [3.8, 4) is 0 Å². The zero-order valence-electron chi connectivity index (χ0n) is 4.70. The van der Waals surface area contributed by atoms with Gasteiger partial charge in [0.25, 0.3) is 0 Å². The molecule has 0 N–H and O–H groups in total. The van der Waals surface area contributed by atoms with Crippen molar-refractivity contribution in [3.05, 3.63) is 24.8 Å². The molecule has 0 spiro atoms. The van der Waals surface area contributed by atoms with Crippen molar-refractivity contribution in [2.75, 3.05) is 0 Å². The van der Waals surface area contributed by atoms with Crippen LogP contribution < -0.4 is 24.8 Å². The number of hydrogen-bond donors (Lipinski definition) is 0. The molecule has 0 aliphatic heterocycles. The minimum Gasteiger partial charge on any atom is -1.00 e.